The Labute approximate surface area is 85.2 Å². The van der Waals surface area contributed by atoms with Crippen LogP contribution in [0.15, 0.2) is 0 Å². The summed E-state index contributed by atoms with van der Waals surface area (Å²) in [5, 5.41) is 0. The maximum absolute atomic E-state index is 12.2. The molecule has 11 heavy (non-hydrogen) atoms. The third-order valence-electron chi connectivity index (χ3n) is 1.53. The van der Waals surface area contributed by atoms with Crippen LogP contribution < -0.4 is 0 Å². The zero-order valence-corrected chi connectivity index (χ0v) is 10.8. The van der Waals surface area contributed by atoms with E-state index in [2.05, 4.69) is 0 Å². The summed E-state index contributed by atoms with van der Waals surface area (Å²) in [5.41, 5.74) is 0. The van der Waals surface area contributed by atoms with Crippen molar-refractivity contribution in [3.05, 3.63) is 7.43 Å². The van der Waals surface area contributed by atoms with Gasteiger partial charge in [-0.05, 0) is 12.8 Å². The summed E-state index contributed by atoms with van der Waals surface area (Å²) in [6.45, 7) is 4.00. The number of halogens is 1. The standard InChI is InChI=1S/C6H11F.C2H6.CH3.W/c7-6-4-2-1-3-5-6;1-2;;/h6H,1-5H2;1-2H3;1H3;/q;;-1;. The van der Waals surface area contributed by atoms with E-state index in [4.69, 9.17) is 0 Å². The van der Waals surface area contributed by atoms with Crippen LogP contribution in [0.2, 0.25) is 0 Å². The van der Waals surface area contributed by atoms with Crippen LogP contribution >= 0.6 is 0 Å². The van der Waals surface area contributed by atoms with Crippen molar-refractivity contribution in [3.8, 4) is 0 Å². The predicted octanol–water partition coefficient (Wildman–Crippen LogP) is 3.76. The number of hydrogen-bond donors (Lipinski definition) is 0. The van der Waals surface area contributed by atoms with Gasteiger partial charge in [0.05, 0.1) is 0 Å². The fourth-order valence-corrected chi connectivity index (χ4v) is 1.05. The third-order valence-corrected chi connectivity index (χ3v) is 1.53. The molecule has 0 nitrogen and oxygen atoms in total. The van der Waals surface area contributed by atoms with Gasteiger partial charge in [0.15, 0.2) is 0 Å². The molecule has 0 spiro atoms. The average molecular weight is 331 g/mol. The summed E-state index contributed by atoms with van der Waals surface area (Å²) in [7, 11) is 0. The number of hydrogen-bond acceptors (Lipinski definition) is 0. The van der Waals surface area contributed by atoms with Crippen molar-refractivity contribution in [2.75, 3.05) is 0 Å². The van der Waals surface area contributed by atoms with Crippen LogP contribution in [0.3, 0.4) is 0 Å². The van der Waals surface area contributed by atoms with Crippen molar-refractivity contribution in [2.45, 2.75) is 52.1 Å². The van der Waals surface area contributed by atoms with Crippen molar-refractivity contribution in [1.29, 1.82) is 0 Å². The van der Waals surface area contributed by atoms with Crippen LogP contribution in [0.25, 0.3) is 0 Å². The first-order valence-corrected chi connectivity index (χ1v) is 4.03. The van der Waals surface area contributed by atoms with Crippen LogP contribution in [-0.4, -0.2) is 6.17 Å². The Hall–Kier alpha value is 0.618. The molecule has 70 valence electrons. The largest absolute Gasteiger partial charge is 0.358 e. The van der Waals surface area contributed by atoms with Gasteiger partial charge in [-0.25, -0.2) is 4.39 Å². The Morgan fingerprint density at radius 1 is 1.00 bits per heavy atom. The molecule has 0 aromatic carbocycles. The van der Waals surface area contributed by atoms with E-state index in [0.29, 0.717) is 0 Å². The minimum atomic E-state index is -0.464. The molecule has 1 fully saturated rings. The Balaban J connectivity index is -0.000000149. The minimum Gasteiger partial charge on any atom is -0.358 e. The Morgan fingerprint density at radius 3 is 1.55 bits per heavy atom. The van der Waals surface area contributed by atoms with Gasteiger partial charge in [0.25, 0.3) is 0 Å². The van der Waals surface area contributed by atoms with Crippen LogP contribution in [0.1, 0.15) is 46.0 Å². The topological polar surface area (TPSA) is 0 Å². The molecule has 1 aliphatic carbocycles. The van der Waals surface area contributed by atoms with Gasteiger partial charge >= 0.3 is 0 Å². The number of rotatable bonds is 0. The van der Waals surface area contributed by atoms with Crippen molar-refractivity contribution < 1.29 is 25.5 Å². The van der Waals surface area contributed by atoms with E-state index in [1.165, 1.54) is 6.42 Å². The quantitative estimate of drug-likeness (QED) is 0.593. The summed E-state index contributed by atoms with van der Waals surface area (Å²) in [5.74, 6) is 0. The van der Waals surface area contributed by atoms with Gasteiger partial charge in [-0.2, -0.15) is 0 Å². The molecule has 0 atom stereocenters. The molecule has 0 unspecified atom stereocenters. The van der Waals surface area contributed by atoms with Gasteiger partial charge in [0, 0.05) is 21.1 Å². The normalized spacial score (nSPS) is 16.6. The maximum Gasteiger partial charge on any atom is 0.100 e. The SMILES string of the molecule is CC.FC1CCCCC1.[CH3-].[W]. The van der Waals surface area contributed by atoms with E-state index >= 15 is 0 Å². The maximum atomic E-state index is 12.2. The second kappa shape index (κ2) is 13.2. The minimum absolute atomic E-state index is 0. The first-order chi connectivity index (χ1) is 4.39. The molecule has 1 rings (SSSR count). The zero-order chi connectivity index (χ0) is 7.11. The second-order valence-electron chi connectivity index (χ2n) is 2.24. The first-order valence-electron chi connectivity index (χ1n) is 4.03. The predicted molar refractivity (Wildman–Crippen MR) is 45.7 cm³/mol. The van der Waals surface area contributed by atoms with Gasteiger partial charge in [0.1, 0.15) is 6.17 Å². The summed E-state index contributed by atoms with van der Waals surface area (Å²) in [6.07, 6.45) is 4.65. The van der Waals surface area contributed by atoms with E-state index in [0.717, 1.165) is 25.7 Å². The molecule has 1 aliphatic rings. The van der Waals surface area contributed by atoms with Gasteiger partial charge in [-0.3, -0.25) is 0 Å². The van der Waals surface area contributed by atoms with E-state index in [1.54, 1.807) is 0 Å². The smallest absolute Gasteiger partial charge is 0.100 e. The number of alkyl halides is 1. The summed E-state index contributed by atoms with van der Waals surface area (Å²) < 4.78 is 12.2. The second-order valence-corrected chi connectivity index (χ2v) is 2.24. The molecule has 0 bridgehead atoms. The average Bonchev–Trinajstić information content (AvgIpc) is 1.94. The summed E-state index contributed by atoms with van der Waals surface area (Å²) in [6, 6.07) is 0. The van der Waals surface area contributed by atoms with Gasteiger partial charge < -0.3 is 7.43 Å². The fraction of sp³-hybridized carbons (Fsp3) is 0.889. The monoisotopic (exact) mass is 331 g/mol. The fourth-order valence-electron chi connectivity index (χ4n) is 1.05. The van der Waals surface area contributed by atoms with Crippen molar-refractivity contribution >= 4 is 0 Å². The van der Waals surface area contributed by atoms with E-state index < -0.39 is 6.17 Å². The van der Waals surface area contributed by atoms with Crippen LogP contribution in [0.4, 0.5) is 4.39 Å². The molecular formula is C9H20FW-. The molecule has 0 N–H and O–H groups in total. The first kappa shape index (κ1) is 17.6. The van der Waals surface area contributed by atoms with Crippen molar-refractivity contribution in [1.82, 2.24) is 0 Å². The van der Waals surface area contributed by atoms with E-state index in [1.807, 2.05) is 13.8 Å². The third kappa shape index (κ3) is 10.6. The molecule has 0 saturated heterocycles. The molecule has 0 heterocycles. The zero-order valence-electron chi connectivity index (χ0n) is 7.90. The summed E-state index contributed by atoms with van der Waals surface area (Å²) in [4.78, 5) is 0. The Kier molecular flexibility index (Phi) is 21.2. The van der Waals surface area contributed by atoms with Gasteiger partial charge in [-0.1, -0.05) is 33.1 Å². The van der Waals surface area contributed by atoms with Gasteiger partial charge in [0.2, 0.25) is 0 Å². The van der Waals surface area contributed by atoms with E-state index in [-0.39, 0.29) is 28.5 Å². The van der Waals surface area contributed by atoms with Crippen molar-refractivity contribution in [2.24, 2.45) is 0 Å². The van der Waals surface area contributed by atoms with Gasteiger partial charge in [-0.15, -0.1) is 0 Å². The molecule has 2 heteroatoms. The van der Waals surface area contributed by atoms with Crippen LogP contribution in [0, 0.1) is 7.43 Å². The molecule has 0 aromatic rings. The molecule has 0 aromatic heterocycles. The molecular weight excluding hydrogens is 311 g/mol. The van der Waals surface area contributed by atoms with Crippen LogP contribution in [-0.2, 0) is 21.1 Å². The van der Waals surface area contributed by atoms with Crippen molar-refractivity contribution in [3.63, 3.8) is 0 Å². The molecule has 0 radical (unpaired) electrons. The Bertz CT molecular complexity index is 51.5. The molecule has 0 aliphatic heterocycles. The molecule has 0 amide bonds. The van der Waals surface area contributed by atoms with Crippen LogP contribution in [0.5, 0.6) is 0 Å². The summed E-state index contributed by atoms with van der Waals surface area (Å²) >= 11 is 0. The molecule has 1 saturated carbocycles. The van der Waals surface area contributed by atoms with E-state index in [9.17, 15) is 4.39 Å². The Morgan fingerprint density at radius 2 is 1.36 bits per heavy atom.